The summed E-state index contributed by atoms with van der Waals surface area (Å²) in [5, 5.41) is 0. The van der Waals surface area contributed by atoms with Crippen LogP contribution in [0.3, 0.4) is 0 Å². The largest absolute Gasteiger partial charge is 0.497 e. The highest BCUT2D eigenvalue weighted by Crippen LogP contribution is 2.80. The standard InChI is InChI=1S/C35H49NO9/c1-8-36-17-33(18-39-3)14-13-25(42-6)35-23-15-22-24(41-5)16-34(26(23)28(22)44-19(2)37,27(31(35)36)29(43-7)30(33)35)45-32(38)20-9-11-21(40-4)12-10-20/h9-12,22-31H,8,13-18H2,1-7H3. The third-order valence-electron chi connectivity index (χ3n) is 13.2. The molecule has 1 spiro atoms. The van der Waals surface area contributed by atoms with Crippen LogP contribution in [-0.2, 0) is 33.2 Å². The average Bonchev–Trinajstić information content (AvgIpc) is 3.46. The smallest absolute Gasteiger partial charge is 0.338 e. The fraction of sp³-hybridized carbons (Fsp3) is 0.771. The van der Waals surface area contributed by atoms with Crippen molar-refractivity contribution in [3.05, 3.63) is 29.8 Å². The van der Waals surface area contributed by atoms with Gasteiger partial charge in [-0.15, -0.1) is 0 Å². The van der Waals surface area contributed by atoms with Crippen LogP contribution in [0.4, 0.5) is 0 Å². The summed E-state index contributed by atoms with van der Waals surface area (Å²) in [7, 11) is 8.78. The van der Waals surface area contributed by atoms with Gasteiger partial charge < -0.3 is 33.2 Å². The lowest BCUT2D eigenvalue weighted by molar-refractivity contribution is -0.276. The van der Waals surface area contributed by atoms with Gasteiger partial charge in [0.2, 0.25) is 0 Å². The Hall–Kier alpha value is -2.24. The zero-order chi connectivity index (χ0) is 31.9. The van der Waals surface area contributed by atoms with Gasteiger partial charge >= 0.3 is 11.9 Å². The molecule has 1 saturated heterocycles. The average molecular weight is 628 g/mol. The second-order valence-corrected chi connectivity index (χ2v) is 14.4. The molecule has 6 aliphatic rings. The molecule has 5 saturated carbocycles. The van der Waals surface area contributed by atoms with Gasteiger partial charge in [0.15, 0.2) is 0 Å². The molecule has 10 nitrogen and oxygen atoms in total. The minimum absolute atomic E-state index is 0.0107. The van der Waals surface area contributed by atoms with Crippen LogP contribution in [-0.4, -0.2) is 108 Å². The molecule has 1 aromatic rings. The van der Waals surface area contributed by atoms with Gasteiger partial charge in [0.25, 0.3) is 0 Å². The molecule has 0 radical (unpaired) electrons. The second-order valence-electron chi connectivity index (χ2n) is 14.4. The Labute approximate surface area is 266 Å². The second kappa shape index (κ2) is 11.2. The number of piperidine rings is 1. The summed E-state index contributed by atoms with van der Waals surface area (Å²) in [4.78, 5) is 29.7. The van der Waals surface area contributed by atoms with Gasteiger partial charge in [0, 0.05) is 88.9 Å². The van der Waals surface area contributed by atoms with Crippen LogP contribution in [0.1, 0.15) is 49.9 Å². The highest BCUT2D eigenvalue weighted by molar-refractivity contribution is 5.90. The Kier molecular flexibility index (Phi) is 7.80. The maximum absolute atomic E-state index is 14.3. The molecule has 13 unspecified atom stereocenters. The Morgan fingerprint density at radius 1 is 0.978 bits per heavy atom. The first-order valence-corrected chi connectivity index (χ1v) is 16.6. The summed E-state index contributed by atoms with van der Waals surface area (Å²) in [6.45, 7) is 6.07. The maximum atomic E-state index is 14.3. The van der Waals surface area contributed by atoms with Gasteiger partial charge in [-0.25, -0.2) is 4.79 Å². The van der Waals surface area contributed by atoms with Gasteiger partial charge in [-0.05, 0) is 56.0 Å². The van der Waals surface area contributed by atoms with Crippen molar-refractivity contribution >= 4 is 11.9 Å². The number of ether oxygens (including phenoxy) is 7. The van der Waals surface area contributed by atoms with Crippen LogP contribution in [0.2, 0.25) is 0 Å². The van der Waals surface area contributed by atoms with E-state index in [4.69, 9.17) is 33.2 Å². The fourth-order valence-corrected chi connectivity index (χ4v) is 12.4. The Balaban J connectivity index is 1.47. The molecule has 0 amide bonds. The summed E-state index contributed by atoms with van der Waals surface area (Å²) < 4.78 is 44.2. The first-order chi connectivity index (χ1) is 21.7. The summed E-state index contributed by atoms with van der Waals surface area (Å²) in [5.41, 5.74) is -1.01. The summed E-state index contributed by atoms with van der Waals surface area (Å²) in [5.74, 6) is -0.313. The number of hydrogen-bond donors (Lipinski definition) is 0. The third-order valence-corrected chi connectivity index (χ3v) is 13.2. The summed E-state index contributed by atoms with van der Waals surface area (Å²) in [6.07, 6.45) is 2.27. The van der Waals surface area contributed by atoms with Crippen molar-refractivity contribution in [3.8, 4) is 5.75 Å². The lowest BCUT2D eigenvalue weighted by Crippen LogP contribution is -2.77. The van der Waals surface area contributed by atoms with Gasteiger partial charge in [0.1, 0.15) is 17.5 Å². The number of fused-ring (bicyclic) bond motifs is 2. The zero-order valence-electron chi connectivity index (χ0n) is 27.7. The van der Waals surface area contributed by atoms with Crippen LogP contribution in [0.5, 0.6) is 5.75 Å². The minimum Gasteiger partial charge on any atom is -0.497 e. The summed E-state index contributed by atoms with van der Waals surface area (Å²) >= 11 is 0. The number of hydrogen-bond acceptors (Lipinski definition) is 10. The van der Waals surface area contributed by atoms with Crippen LogP contribution >= 0.6 is 0 Å². The van der Waals surface area contributed by atoms with E-state index in [1.54, 1.807) is 45.6 Å². The number of carbonyl (C=O) groups is 2. The van der Waals surface area contributed by atoms with E-state index in [0.29, 0.717) is 24.3 Å². The Bertz CT molecular complexity index is 1310. The number of methoxy groups -OCH3 is 5. The van der Waals surface area contributed by atoms with Crippen molar-refractivity contribution in [2.45, 2.75) is 75.6 Å². The van der Waals surface area contributed by atoms with Crippen LogP contribution < -0.4 is 4.74 Å². The van der Waals surface area contributed by atoms with E-state index in [1.165, 1.54) is 6.92 Å². The first kappa shape index (κ1) is 31.4. The van der Waals surface area contributed by atoms with E-state index in [9.17, 15) is 9.59 Å². The lowest BCUT2D eigenvalue weighted by atomic mass is 9.43. The van der Waals surface area contributed by atoms with E-state index >= 15 is 0 Å². The third kappa shape index (κ3) is 3.98. The maximum Gasteiger partial charge on any atom is 0.338 e. The van der Waals surface area contributed by atoms with Gasteiger partial charge in [-0.1, -0.05) is 6.92 Å². The minimum atomic E-state index is -1.00. The summed E-state index contributed by atoms with van der Waals surface area (Å²) in [6, 6.07) is 7.10. The van der Waals surface area contributed by atoms with Gasteiger partial charge in [0.05, 0.1) is 37.6 Å². The molecule has 7 bridgehead atoms. The van der Waals surface area contributed by atoms with Crippen molar-refractivity contribution < 1.29 is 42.7 Å². The molecule has 13 atom stereocenters. The number of esters is 2. The van der Waals surface area contributed by atoms with Crippen molar-refractivity contribution in [1.29, 1.82) is 0 Å². The molecule has 0 N–H and O–H groups in total. The zero-order valence-corrected chi connectivity index (χ0v) is 27.7. The normalized spacial score (nSPS) is 45.7. The van der Waals surface area contributed by atoms with Crippen LogP contribution in [0.15, 0.2) is 24.3 Å². The molecule has 1 aliphatic heterocycles. The van der Waals surface area contributed by atoms with E-state index in [-0.39, 0.29) is 70.7 Å². The molecule has 10 heteroatoms. The van der Waals surface area contributed by atoms with Crippen LogP contribution in [0.25, 0.3) is 0 Å². The molecule has 45 heavy (non-hydrogen) atoms. The molecule has 5 aliphatic carbocycles. The molecular formula is C35H49NO9. The molecule has 1 aromatic carbocycles. The number of rotatable bonds is 10. The van der Waals surface area contributed by atoms with Crippen LogP contribution in [0, 0.1) is 40.4 Å². The Morgan fingerprint density at radius 3 is 2.33 bits per heavy atom. The van der Waals surface area contributed by atoms with Crippen molar-refractivity contribution in [3.63, 3.8) is 0 Å². The lowest BCUT2D eigenvalue weighted by Gasteiger charge is -2.69. The predicted octanol–water partition coefficient (Wildman–Crippen LogP) is 3.60. The number of nitrogens with zero attached hydrogens (tertiary/aromatic N) is 1. The van der Waals surface area contributed by atoms with Crippen molar-refractivity contribution in [1.82, 2.24) is 4.90 Å². The highest BCUT2D eigenvalue weighted by atomic mass is 16.6. The first-order valence-electron chi connectivity index (χ1n) is 16.6. The van der Waals surface area contributed by atoms with E-state index < -0.39 is 17.7 Å². The quantitative estimate of drug-likeness (QED) is 0.358. The van der Waals surface area contributed by atoms with E-state index in [2.05, 4.69) is 11.8 Å². The van der Waals surface area contributed by atoms with Crippen molar-refractivity contribution in [2.24, 2.45) is 40.4 Å². The molecule has 248 valence electrons. The topological polar surface area (TPSA) is 102 Å². The number of likely N-dealkylation sites (tertiary alicyclic amines) is 1. The highest BCUT2D eigenvalue weighted by Gasteiger charge is 2.88. The fourth-order valence-electron chi connectivity index (χ4n) is 12.4. The number of benzene rings is 1. The molecular weight excluding hydrogens is 578 g/mol. The van der Waals surface area contributed by atoms with Gasteiger partial charge in [-0.3, -0.25) is 9.69 Å². The molecule has 0 aromatic heterocycles. The van der Waals surface area contributed by atoms with Crippen molar-refractivity contribution in [2.75, 3.05) is 55.2 Å². The predicted molar refractivity (Wildman–Crippen MR) is 163 cm³/mol. The molecule has 7 rings (SSSR count). The SMILES string of the molecule is CCN1CC2(COC)CCC(OC)C34C5CC6C(OC)CC(OC(=O)c7ccc(OC)cc7)(C5C6OC(C)=O)C(C(OC)C23)C14. The van der Waals surface area contributed by atoms with E-state index in [1.807, 2.05) is 14.2 Å². The molecule has 6 fully saturated rings. The monoisotopic (exact) mass is 627 g/mol. The van der Waals surface area contributed by atoms with E-state index in [0.717, 1.165) is 32.4 Å². The Morgan fingerprint density at radius 2 is 1.73 bits per heavy atom. The number of carbonyl (C=O) groups excluding carboxylic acids is 2. The van der Waals surface area contributed by atoms with Gasteiger partial charge in [-0.2, -0.15) is 0 Å². The molecule has 1 heterocycles.